The third-order valence-electron chi connectivity index (χ3n) is 8.72. The van der Waals surface area contributed by atoms with Crippen molar-refractivity contribution in [1.82, 2.24) is 25.5 Å². The van der Waals surface area contributed by atoms with Gasteiger partial charge in [0.2, 0.25) is 11.8 Å². The summed E-state index contributed by atoms with van der Waals surface area (Å²) in [6.45, 7) is 15.6. The second-order valence-electron chi connectivity index (χ2n) is 14.3. The molecule has 6 rings (SSSR count). The molecule has 1 saturated heterocycles. The van der Waals surface area contributed by atoms with Crippen LogP contribution in [0.2, 0.25) is 0 Å². The minimum atomic E-state index is -0.318. The number of likely N-dealkylation sites (N-methyl/N-ethyl adjacent to an activating group) is 1. The highest BCUT2D eigenvalue weighted by molar-refractivity contribution is 8.01. The van der Waals surface area contributed by atoms with Crippen LogP contribution in [0.3, 0.4) is 0 Å². The molecule has 4 N–H and O–H groups in total. The predicted molar refractivity (Wildman–Crippen MR) is 223 cm³/mol. The minimum absolute atomic E-state index is 0.0589. The van der Waals surface area contributed by atoms with Crippen molar-refractivity contribution in [1.29, 1.82) is 0 Å². The molecule has 3 heterocycles. The smallest absolute Gasteiger partial charge is 0.293 e. The van der Waals surface area contributed by atoms with Gasteiger partial charge in [-0.25, -0.2) is 4.98 Å². The molecule has 1 aliphatic rings. The van der Waals surface area contributed by atoms with Crippen molar-refractivity contribution in [3.05, 3.63) is 101 Å². The number of carbonyl (C=O) groups excluding carboxylic acids is 3. The van der Waals surface area contributed by atoms with E-state index in [0.717, 1.165) is 53.8 Å². The number of thiazole rings is 1. The number of hydrogen-bond acceptors (Lipinski definition) is 9. The molecule has 2 aromatic heterocycles. The van der Waals surface area contributed by atoms with Gasteiger partial charge in [-0.1, -0.05) is 60.3 Å². The quantitative estimate of drug-likeness (QED) is 0.0789. The molecule has 0 radical (unpaired) electrons. The maximum absolute atomic E-state index is 12.6. The minimum Gasteiger partial charge on any atom is -0.462 e. The van der Waals surface area contributed by atoms with Crippen LogP contribution in [0.5, 0.6) is 0 Å². The Labute approximate surface area is 327 Å². The van der Waals surface area contributed by atoms with Gasteiger partial charge in [0, 0.05) is 59.4 Å². The Kier molecular flexibility index (Phi) is 16.3. The molecule has 2 amide bonds. The molecule has 5 aromatic rings. The van der Waals surface area contributed by atoms with Crippen LogP contribution in [0, 0.1) is 20.8 Å². The van der Waals surface area contributed by atoms with E-state index in [9.17, 15) is 14.4 Å². The number of para-hydroxylation sites is 1. The van der Waals surface area contributed by atoms with E-state index in [0.29, 0.717) is 12.2 Å². The molecule has 12 heteroatoms. The first-order chi connectivity index (χ1) is 25.8. The summed E-state index contributed by atoms with van der Waals surface area (Å²) in [5, 5.41) is 12.2. The van der Waals surface area contributed by atoms with E-state index >= 15 is 0 Å². The first-order valence-electron chi connectivity index (χ1n) is 18.2. The number of hydrogen-bond donors (Lipinski definition) is 4. The van der Waals surface area contributed by atoms with Crippen molar-refractivity contribution in [2.24, 2.45) is 0 Å². The van der Waals surface area contributed by atoms with E-state index < -0.39 is 0 Å². The maximum Gasteiger partial charge on any atom is 0.293 e. The SMILES string of the molecule is CC(C)(C)OC=O.CNCC(=O)Nc1cccc(-c2csc(SCC(=O)NC3CCN(Cc4ccc(C)c(C)c4)CC3)n2)c1.Cc1c[nH]c2ccccc12. The number of H-pyrrole nitrogens is 1. The molecule has 0 aliphatic carbocycles. The maximum atomic E-state index is 12.6. The number of carbonyl (C=O) groups is 3. The van der Waals surface area contributed by atoms with Gasteiger partial charge in [0.25, 0.3) is 6.47 Å². The first-order valence-corrected chi connectivity index (χ1v) is 20.0. The van der Waals surface area contributed by atoms with Gasteiger partial charge in [0.1, 0.15) is 5.60 Å². The van der Waals surface area contributed by atoms with Crippen LogP contribution in [-0.4, -0.2) is 77.2 Å². The highest BCUT2D eigenvalue weighted by Gasteiger charge is 2.21. The number of likely N-dealkylation sites (tertiary alicyclic amines) is 1. The van der Waals surface area contributed by atoms with Gasteiger partial charge < -0.3 is 25.7 Å². The number of nitrogens with zero attached hydrogens (tertiary/aromatic N) is 2. The average Bonchev–Trinajstić information content (AvgIpc) is 3.77. The Balaban J connectivity index is 0.000000311. The lowest BCUT2D eigenvalue weighted by atomic mass is 10.0. The summed E-state index contributed by atoms with van der Waals surface area (Å²) in [6.07, 6.45) is 3.98. The van der Waals surface area contributed by atoms with Crippen LogP contribution in [0.25, 0.3) is 22.2 Å². The number of anilines is 1. The van der Waals surface area contributed by atoms with E-state index in [-0.39, 0.29) is 30.0 Å². The lowest BCUT2D eigenvalue weighted by Gasteiger charge is -2.32. The van der Waals surface area contributed by atoms with Crippen molar-refractivity contribution < 1.29 is 19.1 Å². The van der Waals surface area contributed by atoms with Crippen LogP contribution in [0.1, 0.15) is 55.9 Å². The van der Waals surface area contributed by atoms with Crippen LogP contribution < -0.4 is 16.0 Å². The zero-order valence-corrected chi connectivity index (χ0v) is 34.1. The number of nitrogens with one attached hydrogen (secondary N) is 4. The van der Waals surface area contributed by atoms with Crippen LogP contribution in [-0.2, 0) is 25.7 Å². The number of aryl methyl sites for hydroxylation is 3. The number of aromatic amines is 1. The van der Waals surface area contributed by atoms with E-state index in [1.165, 1.54) is 56.3 Å². The number of thioether (sulfide) groups is 1. The molecule has 10 nitrogen and oxygen atoms in total. The van der Waals surface area contributed by atoms with E-state index in [4.69, 9.17) is 0 Å². The fourth-order valence-electron chi connectivity index (χ4n) is 5.73. The molecule has 0 unspecified atom stereocenters. The second kappa shape index (κ2) is 20.8. The lowest BCUT2D eigenvalue weighted by Crippen LogP contribution is -2.44. The molecule has 3 aromatic carbocycles. The Hall–Kier alpha value is -4.49. The topological polar surface area (TPSA) is 128 Å². The number of ether oxygens (including phenoxy) is 1. The number of fused-ring (bicyclic) bond motifs is 1. The summed E-state index contributed by atoms with van der Waals surface area (Å²) in [5.74, 6) is 0.325. The molecule has 0 bridgehead atoms. The van der Waals surface area contributed by atoms with Gasteiger partial charge in [-0.05, 0) is 102 Å². The Morgan fingerprint density at radius 2 is 1.74 bits per heavy atom. The standard InChI is InChI=1S/C28H35N5O2S2.C9H9N.C5H10O2/c1-19-7-8-21(13-20(19)2)16-33-11-9-23(10-12-33)30-27(35)18-37-28-32-25(17-36-28)22-5-4-6-24(14-22)31-26(34)15-29-3;1-7-6-10-9-5-3-2-4-8(7)9;1-5(2,3)7-4-6/h4-8,13-14,17,23,29H,9-12,15-16,18H2,1-3H3,(H,30,35)(H,31,34);2-6,10H,1H3;4H,1-3H3. The number of aromatic nitrogens is 2. The summed E-state index contributed by atoms with van der Waals surface area (Å²) >= 11 is 3.00. The Morgan fingerprint density at radius 1 is 0.981 bits per heavy atom. The first kappa shape index (κ1) is 42.3. The lowest BCUT2D eigenvalue weighted by molar-refractivity contribution is -0.138. The number of amides is 2. The Bertz CT molecular complexity index is 1960. The van der Waals surface area contributed by atoms with E-state index in [2.05, 4.69) is 92.7 Å². The van der Waals surface area contributed by atoms with Crippen LogP contribution in [0.4, 0.5) is 5.69 Å². The highest BCUT2D eigenvalue weighted by atomic mass is 32.2. The van der Waals surface area contributed by atoms with Gasteiger partial charge in [-0.3, -0.25) is 19.3 Å². The van der Waals surface area contributed by atoms with Gasteiger partial charge in [-0.15, -0.1) is 11.3 Å². The van der Waals surface area contributed by atoms with Crippen molar-refractivity contribution in [3.8, 4) is 11.3 Å². The highest BCUT2D eigenvalue weighted by Crippen LogP contribution is 2.29. The molecule has 288 valence electrons. The third kappa shape index (κ3) is 14.1. The molecule has 0 spiro atoms. The summed E-state index contributed by atoms with van der Waals surface area (Å²) < 4.78 is 5.41. The van der Waals surface area contributed by atoms with E-state index in [1.807, 2.05) is 62.7 Å². The van der Waals surface area contributed by atoms with Gasteiger partial charge in [0.15, 0.2) is 4.34 Å². The molecule has 1 aliphatic heterocycles. The summed E-state index contributed by atoms with van der Waals surface area (Å²) in [5.41, 5.74) is 8.76. The number of rotatable bonds is 11. The summed E-state index contributed by atoms with van der Waals surface area (Å²) in [7, 11) is 1.74. The molecular formula is C42H54N6O4S2. The number of piperidine rings is 1. The van der Waals surface area contributed by atoms with Crippen molar-refractivity contribution >= 4 is 58.0 Å². The fraction of sp³-hybridized carbons (Fsp3) is 0.381. The van der Waals surface area contributed by atoms with Crippen LogP contribution in [0.15, 0.2) is 82.6 Å². The summed E-state index contributed by atoms with van der Waals surface area (Å²) in [6, 6.07) is 22.9. The zero-order chi connectivity index (χ0) is 39.1. The summed E-state index contributed by atoms with van der Waals surface area (Å²) in [4.78, 5) is 44.4. The van der Waals surface area contributed by atoms with E-state index in [1.54, 1.807) is 7.05 Å². The fourth-order valence-corrected chi connectivity index (χ4v) is 7.38. The molecule has 54 heavy (non-hydrogen) atoms. The normalized spacial score (nSPS) is 13.2. The van der Waals surface area contributed by atoms with Crippen molar-refractivity contribution in [3.63, 3.8) is 0 Å². The molecule has 1 fully saturated rings. The van der Waals surface area contributed by atoms with Crippen LogP contribution >= 0.6 is 23.1 Å². The molecule has 0 saturated carbocycles. The predicted octanol–water partition coefficient (Wildman–Crippen LogP) is 7.89. The largest absolute Gasteiger partial charge is 0.462 e. The van der Waals surface area contributed by atoms with Gasteiger partial charge in [0.05, 0.1) is 18.0 Å². The van der Waals surface area contributed by atoms with Crippen molar-refractivity contribution in [2.75, 3.05) is 37.8 Å². The van der Waals surface area contributed by atoms with Gasteiger partial charge >= 0.3 is 0 Å². The Morgan fingerprint density at radius 3 is 2.41 bits per heavy atom. The number of benzene rings is 3. The average molecular weight is 771 g/mol. The van der Waals surface area contributed by atoms with Crippen molar-refractivity contribution in [2.45, 2.75) is 76.9 Å². The third-order valence-corrected chi connectivity index (χ3v) is 10.7. The molecular weight excluding hydrogens is 717 g/mol. The van der Waals surface area contributed by atoms with Gasteiger partial charge in [-0.2, -0.15) is 0 Å². The second-order valence-corrected chi connectivity index (χ2v) is 16.4. The molecule has 0 atom stereocenters. The zero-order valence-electron chi connectivity index (χ0n) is 32.5. The monoisotopic (exact) mass is 770 g/mol.